The van der Waals surface area contributed by atoms with Crippen molar-refractivity contribution in [3.63, 3.8) is 0 Å². The van der Waals surface area contributed by atoms with E-state index in [-0.39, 0.29) is 5.54 Å². The Morgan fingerprint density at radius 2 is 1.77 bits per heavy atom. The van der Waals surface area contributed by atoms with Crippen molar-refractivity contribution in [1.82, 2.24) is 9.55 Å². The van der Waals surface area contributed by atoms with Gasteiger partial charge in [-0.05, 0) is 36.5 Å². The maximum atomic E-state index is 6.41. The Kier molecular flexibility index (Phi) is 3.09. The molecule has 3 nitrogen and oxygen atoms in total. The molecular weight excluding hydrogens is 270 g/mol. The summed E-state index contributed by atoms with van der Waals surface area (Å²) >= 11 is 0. The van der Waals surface area contributed by atoms with Crippen molar-refractivity contribution >= 4 is 0 Å². The lowest BCUT2D eigenvalue weighted by molar-refractivity contribution is 0.253. The Morgan fingerprint density at radius 1 is 1.00 bits per heavy atom. The molecule has 0 bridgehead atoms. The molecule has 110 valence electrons. The maximum Gasteiger partial charge on any atom is 0.0991 e. The summed E-state index contributed by atoms with van der Waals surface area (Å²) in [5, 5.41) is 0. The van der Waals surface area contributed by atoms with E-state index in [1.807, 2.05) is 17.1 Å². The SMILES string of the molecule is NC1(c2ccc(-c3ccccc3-n3ccnc3)cc2)CCC1. The van der Waals surface area contributed by atoms with Gasteiger partial charge < -0.3 is 10.3 Å². The Balaban J connectivity index is 1.74. The summed E-state index contributed by atoms with van der Waals surface area (Å²) in [5.74, 6) is 0. The molecule has 22 heavy (non-hydrogen) atoms. The van der Waals surface area contributed by atoms with E-state index in [9.17, 15) is 0 Å². The highest BCUT2D eigenvalue weighted by Crippen LogP contribution is 2.39. The fraction of sp³-hybridized carbons (Fsp3) is 0.211. The highest BCUT2D eigenvalue weighted by molar-refractivity contribution is 5.73. The van der Waals surface area contributed by atoms with E-state index in [2.05, 4.69) is 53.5 Å². The molecule has 0 saturated heterocycles. The molecule has 1 aromatic heterocycles. The number of nitrogens with two attached hydrogens (primary N) is 1. The van der Waals surface area contributed by atoms with Gasteiger partial charge in [0.05, 0.1) is 12.0 Å². The van der Waals surface area contributed by atoms with Crippen LogP contribution in [0.1, 0.15) is 24.8 Å². The zero-order valence-corrected chi connectivity index (χ0v) is 12.4. The molecule has 0 amide bonds. The number of hydrogen-bond acceptors (Lipinski definition) is 2. The van der Waals surface area contributed by atoms with Crippen LogP contribution in [0.2, 0.25) is 0 Å². The average Bonchev–Trinajstić information content (AvgIpc) is 3.07. The summed E-state index contributed by atoms with van der Waals surface area (Å²) in [7, 11) is 0. The lowest BCUT2D eigenvalue weighted by Gasteiger charge is -2.38. The van der Waals surface area contributed by atoms with Crippen LogP contribution in [-0.4, -0.2) is 9.55 Å². The second-order valence-electron chi connectivity index (χ2n) is 6.07. The van der Waals surface area contributed by atoms with Crippen LogP contribution in [0.5, 0.6) is 0 Å². The topological polar surface area (TPSA) is 43.8 Å². The fourth-order valence-electron chi connectivity index (χ4n) is 3.17. The van der Waals surface area contributed by atoms with Crippen LogP contribution in [-0.2, 0) is 5.54 Å². The van der Waals surface area contributed by atoms with Crippen molar-refractivity contribution in [3.05, 3.63) is 72.8 Å². The van der Waals surface area contributed by atoms with Gasteiger partial charge >= 0.3 is 0 Å². The smallest absolute Gasteiger partial charge is 0.0991 e. The van der Waals surface area contributed by atoms with E-state index in [1.54, 1.807) is 6.20 Å². The van der Waals surface area contributed by atoms with E-state index < -0.39 is 0 Å². The molecule has 0 radical (unpaired) electrons. The zero-order valence-electron chi connectivity index (χ0n) is 12.4. The highest BCUT2D eigenvalue weighted by Gasteiger charge is 2.34. The molecule has 1 saturated carbocycles. The molecule has 0 aliphatic heterocycles. The van der Waals surface area contributed by atoms with Gasteiger partial charge in [0.1, 0.15) is 0 Å². The summed E-state index contributed by atoms with van der Waals surface area (Å²) in [6.07, 6.45) is 9.03. The predicted octanol–water partition coefficient (Wildman–Crippen LogP) is 3.88. The van der Waals surface area contributed by atoms with E-state index in [0.717, 1.165) is 18.5 Å². The van der Waals surface area contributed by atoms with E-state index in [1.165, 1.54) is 23.1 Å². The number of benzene rings is 2. The molecule has 0 spiro atoms. The average molecular weight is 289 g/mol. The van der Waals surface area contributed by atoms with Crippen LogP contribution in [0.25, 0.3) is 16.8 Å². The Morgan fingerprint density at radius 3 is 2.41 bits per heavy atom. The first-order valence-electron chi connectivity index (χ1n) is 7.73. The van der Waals surface area contributed by atoms with Crippen LogP contribution in [0.3, 0.4) is 0 Å². The maximum absolute atomic E-state index is 6.41. The second kappa shape index (κ2) is 5.11. The Bertz CT molecular complexity index is 769. The van der Waals surface area contributed by atoms with Gasteiger partial charge in [0, 0.05) is 23.5 Å². The van der Waals surface area contributed by atoms with Crippen molar-refractivity contribution in [3.8, 4) is 16.8 Å². The fourth-order valence-corrected chi connectivity index (χ4v) is 3.17. The van der Waals surface area contributed by atoms with E-state index in [0.29, 0.717) is 0 Å². The largest absolute Gasteiger partial charge is 0.321 e. The van der Waals surface area contributed by atoms with E-state index >= 15 is 0 Å². The molecule has 0 atom stereocenters. The molecule has 1 fully saturated rings. The van der Waals surface area contributed by atoms with Gasteiger partial charge in [0.2, 0.25) is 0 Å². The third-order valence-electron chi connectivity index (χ3n) is 4.70. The summed E-state index contributed by atoms with van der Waals surface area (Å²) in [5.41, 5.74) is 11.1. The molecule has 1 heterocycles. The highest BCUT2D eigenvalue weighted by atomic mass is 15.0. The van der Waals surface area contributed by atoms with Gasteiger partial charge in [-0.2, -0.15) is 0 Å². The van der Waals surface area contributed by atoms with Gasteiger partial charge in [0.15, 0.2) is 0 Å². The van der Waals surface area contributed by atoms with Crippen LogP contribution in [0, 0.1) is 0 Å². The van der Waals surface area contributed by atoms with Gasteiger partial charge in [-0.1, -0.05) is 42.5 Å². The van der Waals surface area contributed by atoms with Gasteiger partial charge in [-0.3, -0.25) is 0 Å². The van der Waals surface area contributed by atoms with Crippen molar-refractivity contribution in [2.45, 2.75) is 24.8 Å². The van der Waals surface area contributed by atoms with Crippen LogP contribution < -0.4 is 5.73 Å². The molecule has 1 aliphatic carbocycles. The number of imidazole rings is 1. The van der Waals surface area contributed by atoms with Crippen molar-refractivity contribution < 1.29 is 0 Å². The van der Waals surface area contributed by atoms with Crippen LogP contribution >= 0.6 is 0 Å². The minimum absolute atomic E-state index is 0.0948. The van der Waals surface area contributed by atoms with Crippen LogP contribution in [0.4, 0.5) is 0 Å². The molecule has 3 heteroatoms. The van der Waals surface area contributed by atoms with E-state index in [4.69, 9.17) is 5.73 Å². The van der Waals surface area contributed by atoms with Gasteiger partial charge in [-0.25, -0.2) is 4.98 Å². The van der Waals surface area contributed by atoms with Gasteiger partial charge in [-0.15, -0.1) is 0 Å². The van der Waals surface area contributed by atoms with Crippen molar-refractivity contribution in [2.24, 2.45) is 5.73 Å². The summed E-state index contributed by atoms with van der Waals surface area (Å²) < 4.78 is 2.04. The third-order valence-corrected chi connectivity index (χ3v) is 4.70. The number of hydrogen-bond donors (Lipinski definition) is 1. The predicted molar refractivity (Wildman–Crippen MR) is 88.7 cm³/mol. The zero-order chi connectivity index (χ0) is 15.0. The number of aromatic nitrogens is 2. The Hall–Kier alpha value is -2.39. The molecule has 0 unspecified atom stereocenters. The lowest BCUT2D eigenvalue weighted by Crippen LogP contribution is -2.43. The lowest BCUT2D eigenvalue weighted by atomic mass is 9.72. The number of nitrogens with zero attached hydrogens (tertiary/aromatic N) is 2. The normalized spacial score (nSPS) is 16.2. The molecule has 2 aromatic carbocycles. The monoisotopic (exact) mass is 289 g/mol. The van der Waals surface area contributed by atoms with Crippen LogP contribution in [0.15, 0.2) is 67.3 Å². The minimum atomic E-state index is -0.0948. The van der Waals surface area contributed by atoms with Crippen molar-refractivity contribution in [2.75, 3.05) is 0 Å². The van der Waals surface area contributed by atoms with Crippen molar-refractivity contribution in [1.29, 1.82) is 0 Å². The quantitative estimate of drug-likeness (QED) is 0.795. The third kappa shape index (κ3) is 2.14. The molecule has 2 N–H and O–H groups in total. The first-order valence-corrected chi connectivity index (χ1v) is 7.73. The summed E-state index contributed by atoms with van der Waals surface area (Å²) in [6, 6.07) is 17.1. The second-order valence-corrected chi connectivity index (χ2v) is 6.07. The first-order chi connectivity index (χ1) is 10.8. The Labute approximate surface area is 130 Å². The van der Waals surface area contributed by atoms with Gasteiger partial charge in [0.25, 0.3) is 0 Å². The number of para-hydroxylation sites is 1. The molecular formula is C19H19N3. The first kappa shape index (κ1) is 13.3. The minimum Gasteiger partial charge on any atom is -0.321 e. The molecule has 4 rings (SSSR count). The standard InChI is InChI=1S/C19H19N3/c20-19(10-3-11-19)16-8-6-15(7-9-16)17-4-1-2-5-18(17)22-13-12-21-14-22/h1-2,4-9,12-14H,3,10-11,20H2. The summed E-state index contributed by atoms with van der Waals surface area (Å²) in [6.45, 7) is 0. The molecule has 3 aromatic rings. The summed E-state index contributed by atoms with van der Waals surface area (Å²) in [4.78, 5) is 4.14. The number of rotatable bonds is 3. The molecule has 1 aliphatic rings.